The zero-order chi connectivity index (χ0) is 21.3. The van der Waals surface area contributed by atoms with Gasteiger partial charge in [0.2, 0.25) is 5.91 Å². The highest BCUT2D eigenvalue weighted by molar-refractivity contribution is 5.83. The number of rotatable bonds is 5. The molecule has 0 spiro atoms. The predicted molar refractivity (Wildman–Crippen MR) is 118 cm³/mol. The molecule has 2 N–H and O–H groups in total. The maximum atomic E-state index is 13.1. The fourth-order valence-corrected chi connectivity index (χ4v) is 4.02. The van der Waals surface area contributed by atoms with Gasteiger partial charge < -0.3 is 15.0 Å². The smallest absolute Gasteiger partial charge is 0.234 e. The number of amides is 1. The van der Waals surface area contributed by atoms with Gasteiger partial charge in [-0.3, -0.25) is 14.5 Å². The number of hydrogen-bond acceptors (Lipinski definition) is 4. The van der Waals surface area contributed by atoms with Crippen molar-refractivity contribution in [2.75, 3.05) is 20.2 Å². The van der Waals surface area contributed by atoms with Gasteiger partial charge in [-0.15, -0.1) is 0 Å². The van der Waals surface area contributed by atoms with E-state index in [-0.39, 0.29) is 17.9 Å². The number of H-pyrrole nitrogens is 1. The Morgan fingerprint density at radius 1 is 1.23 bits per heavy atom. The summed E-state index contributed by atoms with van der Waals surface area (Å²) < 4.78 is 5.22. The Hall–Kier alpha value is -3.12. The topological polar surface area (TPSA) is 74.4 Å². The lowest BCUT2D eigenvalue weighted by Gasteiger charge is -2.28. The molecule has 3 aromatic rings. The predicted octanol–water partition coefficient (Wildman–Crippen LogP) is 2.83. The number of hydrogen-bond donors (Lipinski definition) is 2. The van der Waals surface area contributed by atoms with Crippen LogP contribution in [0.5, 0.6) is 5.75 Å². The van der Waals surface area contributed by atoms with Gasteiger partial charge in [0.1, 0.15) is 5.75 Å². The van der Waals surface area contributed by atoms with Crippen LogP contribution in [-0.2, 0) is 24.3 Å². The Balaban J connectivity index is 1.45. The summed E-state index contributed by atoms with van der Waals surface area (Å²) in [5, 5.41) is 3.68. The fourth-order valence-electron chi connectivity index (χ4n) is 4.02. The van der Waals surface area contributed by atoms with Crippen LogP contribution in [0.4, 0.5) is 0 Å². The number of carbonyl (C=O) groups excluding carboxylic acids is 1. The molecular formula is C24H27N3O3. The molecule has 1 aromatic heterocycles. The van der Waals surface area contributed by atoms with Crippen LogP contribution < -0.4 is 15.5 Å². The SMILES string of the molecule is COc1cccc(CNC(=O)CN2CCc3[nH]c4c(C)c(C)ccc4c(=O)c3C2)c1. The first-order chi connectivity index (χ1) is 14.5. The summed E-state index contributed by atoms with van der Waals surface area (Å²) in [6.07, 6.45) is 0.733. The first-order valence-corrected chi connectivity index (χ1v) is 10.2. The number of fused-ring (bicyclic) bond motifs is 2. The number of benzene rings is 2. The van der Waals surface area contributed by atoms with Crippen LogP contribution in [0.15, 0.2) is 41.2 Å². The van der Waals surface area contributed by atoms with Crippen LogP contribution in [0.3, 0.4) is 0 Å². The van der Waals surface area contributed by atoms with Crippen molar-refractivity contribution in [3.8, 4) is 5.75 Å². The molecule has 6 nitrogen and oxygen atoms in total. The average molecular weight is 405 g/mol. The molecule has 0 fully saturated rings. The van der Waals surface area contributed by atoms with Crippen LogP contribution in [0, 0.1) is 13.8 Å². The third-order valence-corrected chi connectivity index (χ3v) is 5.95. The number of pyridine rings is 1. The van der Waals surface area contributed by atoms with Crippen LogP contribution in [0.25, 0.3) is 10.9 Å². The van der Waals surface area contributed by atoms with Gasteiger partial charge in [0.15, 0.2) is 5.43 Å². The standard InChI is InChI=1S/C24H27N3O3/c1-15-7-8-19-23(16(15)2)26-21-9-10-27(13-20(21)24(19)29)14-22(28)25-12-17-5-4-6-18(11-17)30-3/h4-8,11H,9-10,12-14H2,1-3H3,(H,25,28)(H,26,29). The van der Waals surface area contributed by atoms with Gasteiger partial charge in [-0.05, 0) is 48.7 Å². The van der Waals surface area contributed by atoms with Crippen LogP contribution in [0.2, 0.25) is 0 Å². The first-order valence-electron chi connectivity index (χ1n) is 10.2. The van der Waals surface area contributed by atoms with Crippen molar-refractivity contribution in [1.82, 2.24) is 15.2 Å². The van der Waals surface area contributed by atoms with E-state index in [1.807, 2.05) is 48.2 Å². The highest BCUT2D eigenvalue weighted by atomic mass is 16.5. The molecule has 0 aliphatic carbocycles. The van der Waals surface area contributed by atoms with E-state index in [9.17, 15) is 9.59 Å². The summed E-state index contributed by atoms with van der Waals surface area (Å²) in [5.41, 5.74) is 6.05. The number of aromatic amines is 1. The number of methoxy groups -OCH3 is 1. The second kappa shape index (κ2) is 8.32. The van der Waals surface area contributed by atoms with Gasteiger partial charge in [0.05, 0.1) is 19.2 Å². The summed E-state index contributed by atoms with van der Waals surface area (Å²) in [7, 11) is 1.62. The summed E-state index contributed by atoms with van der Waals surface area (Å²) in [6.45, 7) is 6.05. The summed E-state index contributed by atoms with van der Waals surface area (Å²) in [5.74, 6) is 0.719. The second-order valence-electron chi connectivity index (χ2n) is 7.93. The minimum Gasteiger partial charge on any atom is -0.497 e. The van der Waals surface area contributed by atoms with E-state index in [1.165, 1.54) is 5.56 Å². The lowest BCUT2D eigenvalue weighted by atomic mass is 9.99. The molecule has 0 atom stereocenters. The number of nitrogens with one attached hydrogen (secondary N) is 2. The van der Waals surface area contributed by atoms with E-state index in [0.717, 1.165) is 52.0 Å². The van der Waals surface area contributed by atoms with Crippen molar-refractivity contribution in [3.63, 3.8) is 0 Å². The number of ether oxygens (including phenoxy) is 1. The molecule has 156 valence electrons. The molecule has 0 saturated heterocycles. The van der Waals surface area contributed by atoms with Crippen molar-refractivity contribution >= 4 is 16.8 Å². The van der Waals surface area contributed by atoms with Crippen molar-refractivity contribution in [1.29, 1.82) is 0 Å². The maximum absolute atomic E-state index is 13.1. The van der Waals surface area contributed by atoms with E-state index in [2.05, 4.69) is 17.2 Å². The van der Waals surface area contributed by atoms with E-state index in [1.54, 1.807) is 7.11 Å². The van der Waals surface area contributed by atoms with Crippen molar-refractivity contribution in [2.45, 2.75) is 33.4 Å². The lowest BCUT2D eigenvalue weighted by molar-refractivity contribution is -0.122. The van der Waals surface area contributed by atoms with Crippen LogP contribution in [-0.4, -0.2) is 36.0 Å². The number of aryl methyl sites for hydroxylation is 2. The number of carbonyl (C=O) groups is 1. The Bertz CT molecular complexity index is 1170. The molecule has 1 aliphatic heterocycles. The monoisotopic (exact) mass is 405 g/mol. The largest absolute Gasteiger partial charge is 0.497 e. The molecule has 0 saturated carbocycles. The molecule has 2 aromatic carbocycles. The number of nitrogens with zero attached hydrogens (tertiary/aromatic N) is 1. The highest BCUT2D eigenvalue weighted by Gasteiger charge is 2.23. The maximum Gasteiger partial charge on any atom is 0.234 e. The van der Waals surface area contributed by atoms with Crippen molar-refractivity contribution in [2.24, 2.45) is 0 Å². The van der Waals surface area contributed by atoms with E-state index in [4.69, 9.17) is 4.74 Å². The first kappa shape index (κ1) is 20.2. The van der Waals surface area contributed by atoms with Gasteiger partial charge in [0.25, 0.3) is 0 Å². The molecular weight excluding hydrogens is 378 g/mol. The Morgan fingerprint density at radius 3 is 2.87 bits per heavy atom. The third-order valence-electron chi connectivity index (χ3n) is 5.95. The molecule has 30 heavy (non-hydrogen) atoms. The minimum atomic E-state index is -0.0510. The Kier molecular flexibility index (Phi) is 5.59. The minimum absolute atomic E-state index is 0.0510. The molecule has 0 unspecified atom stereocenters. The van der Waals surface area contributed by atoms with E-state index < -0.39 is 0 Å². The highest BCUT2D eigenvalue weighted by Crippen LogP contribution is 2.22. The molecule has 6 heteroatoms. The normalized spacial score (nSPS) is 13.8. The molecule has 0 radical (unpaired) electrons. The summed E-state index contributed by atoms with van der Waals surface area (Å²) in [6, 6.07) is 11.5. The van der Waals surface area contributed by atoms with E-state index in [0.29, 0.717) is 13.1 Å². The van der Waals surface area contributed by atoms with Gasteiger partial charge in [-0.25, -0.2) is 0 Å². The molecule has 1 amide bonds. The Morgan fingerprint density at radius 2 is 2.07 bits per heavy atom. The zero-order valence-electron chi connectivity index (χ0n) is 17.7. The zero-order valence-corrected chi connectivity index (χ0v) is 17.7. The fraction of sp³-hybridized carbons (Fsp3) is 0.333. The average Bonchev–Trinajstić information content (AvgIpc) is 2.76. The summed E-state index contributed by atoms with van der Waals surface area (Å²) in [4.78, 5) is 31.1. The number of aromatic nitrogens is 1. The second-order valence-corrected chi connectivity index (χ2v) is 7.93. The lowest BCUT2D eigenvalue weighted by Crippen LogP contribution is -2.41. The third kappa shape index (κ3) is 3.96. The molecule has 1 aliphatic rings. The van der Waals surface area contributed by atoms with Crippen molar-refractivity contribution < 1.29 is 9.53 Å². The summed E-state index contributed by atoms with van der Waals surface area (Å²) >= 11 is 0. The van der Waals surface area contributed by atoms with Gasteiger partial charge in [-0.1, -0.05) is 18.2 Å². The van der Waals surface area contributed by atoms with Gasteiger partial charge >= 0.3 is 0 Å². The van der Waals surface area contributed by atoms with Crippen molar-refractivity contribution in [3.05, 3.63) is 74.6 Å². The molecule has 2 heterocycles. The quantitative estimate of drug-likeness (QED) is 0.685. The van der Waals surface area contributed by atoms with E-state index >= 15 is 0 Å². The molecule has 4 rings (SSSR count). The molecule has 0 bridgehead atoms. The Labute approximate surface area is 175 Å². The van der Waals surface area contributed by atoms with Gasteiger partial charge in [0, 0.05) is 42.7 Å². The van der Waals surface area contributed by atoms with Crippen LogP contribution >= 0.6 is 0 Å². The van der Waals surface area contributed by atoms with Gasteiger partial charge in [-0.2, -0.15) is 0 Å². The van der Waals surface area contributed by atoms with Crippen LogP contribution in [0.1, 0.15) is 27.9 Å².